The van der Waals surface area contributed by atoms with Crippen LogP contribution >= 0.6 is 0 Å². The molecule has 1 fully saturated rings. The average Bonchev–Trinajstić information content (AvgIpc) is 3.21. The van der Waals surface area contributed by atoms with E-state index in [1.54, 1.807) is 7.05 Å². The second kappa shape index (κ2) is 13.4. The van der Waals surface area contributed by atoms with Crippen LogP contribution in [-0.4, -0.2) is 52.6 Å². The van der Waals surface area contributed by atoms with Gasteiger partial charge in [-0.3, -0.25) is 4.99 Å². The molecule has 6 heteroatoms. The Hall–Kier alpha value is -1.79. The molecule has 0 saturated carbocycles. The van der Waals surface area contributed by atoms with E-state index in [4.69, 9.17) is 14.2 Å². The summed E-state index contributed by atoms with van der Waals surface area (Å²) < 4.78 is 16.8. The van der Waals surface area contributed by atoms with E-state index in [1.807, 2.05) is 12.1 Å². The highest BCUT2D eigenvalue weighted by atomic mass is 16.5. The van der Waals surface area contributed by atoms with E-state index in [9.17, 15) is 0 Å². The van der Waals surface area contributed by atoms with Crippen LogP contribution in [0.1, 0.15) is 38.2 Å². The predicted molar refractivity (Wildman–Crippen MR) is 109 cm³/mol. The molecule has 152 valence electrons. The molecule has 1 saturated heterocycles. The summed E-state index contributed by atoms with van der Waals surface area (Å²) in [5.41, 5.74) is 1.18. The fourth-order valence-electron chi connectivity index (χ4n) is 2.83. The van der Waals surface area contributed by atoms with Crippen LogP contribution in [0.3, 0.4) is 0 Å². The van der Waals surface area contributed by atoms with Crippen LogP contribution in [-0.2, 0) is 16.0 Å². The Kier molecular flexibility index (Phi) is 10.7. The zero-order valence-corrected chi connectivity index (χ0v) is 16.8. The summed E-state index contributed by atoms with van der Waals surface area (Å²) in [5.74, 6) is 2.31. The Morgan fingerprint density at radius 3 is 2.96 bits per heavy atom. The van der Waals surface area contributed by atoms with Crippen molar-refractivity contribution in [2.24, 2.45) is 10.9 Å². The molecule has 6 nitrogen and oxygen atoms in total. The number of unbranched alkanes of at least 4 members (excludes halogenated alkanes) is 1. The minimum absolute atomic E-state index is 0.578. The van der Waals surface area contributed by atoms with Gasteiger partial charge in [0.1, 0.15) is 5.75 Å². The van der Waals surface area contributed by atoms with Crippen LogP contribution in [0, 0.1) is 5.92 Å². The quantitative estimate of drug-likeness (QED) is 0.333. The molecule has 0 radical (unpaired) electrons. The molecule has 1 atom stereocenters. The molecule has 0 aliphatic carbocycles. The summed E-state index contributed by atoms with van der Waals surface area (Å²) in [7, 11) is 1.79. The summed E-state index contributed by atoms with van der Waals surface area (Å²) in [6.45, 7) is 7.78. The molecule has 1 aromatic carbocycles. The number of nitrogens with zero attached hydrogens (tertiary/aromatic N) is 1. The van der Waals surface area contributed by atoms with Gasteiger partial charge in [-0.05, 0) is 37.0 Å². The molecule has 1 unspecified atom stereocenters. The van der Waals surface area contributed by atoms with Gasteiger partial charge in [-0.1, -0.05) is 25.5 Å². The van der Waals surface area contributed by atoms with Gasteiger partial charge in [-0.15, -0.1) is 0 Å². The van der Waals surface area contributed by atoms with Crippen LogP contribution in [0.25, 0.3) is 0 Å². The molecule has 27 heavy (non-hydrogen) atoms. The van der Waals surface area contributed by atoms with Crippen LogP contribution < -0.4 is 15.4 Å². The Balaban J connectivity index is 1.58. The first-order valence-corrected chi connectivity index (χ1v) is 10.1. The molecule has 0 amide bonds. The van der Waals surface area contributed by atoms with Crippen molar-refractivity contribution in [3.63, 3.8) is 0 Å². The monoisotopic (exact) mass is 377 g/mol. The first-order valence-electron chi connectivity index (χ1n) is 10.1. The number of aliphatic imine (C=N–C) groups is 1. The first-order chi connectivity index (χ1) is 13.3. The molecule has 1 aliphatic rings. The molecule has 0 aromatic heterocycles. The minimum Gasteiger partial charge on any atom is -0.494 e. The molecule has 1 heterocycles. The third-order valence-electron chi connectivity index (χ3n) is 4.48. The number of hydrogen-bond acceptors (Lipinski definition) is 4. The Morgan fingerprint density at radius 1 is 1.26 bits per heavy atom. The number of rotatable bonds is 12. The van der Waals surface area contributed by atoms with Crippen molar-refractivity contribution in [1.82, 2.24) is 10.6 Å². The Bertz CT molecular complexity index is 545. The lowest BCUT2D eigenvalue weighted by atomic mass is 10.1. The highest BCUT2D eigenvalue weighted by Gasteiger charge is 2.15. The third kappa shape index (κ3) is 9.11. The van der Waals surface area contributed by atoms with E-state index in [0.717, 1.165) is 77.0 Å². The Labute approximate surface area is 163 Å². The topological polar surface area (TPSA) is 64.1 Å². The summed E-state index contributed by atoms with van der Waals surface area (Å²) in [5, 5.41) is 6.67. The van der Waals surface area contributed by atoms with Crippen molar-refractivity contribution in [3.8, 4) is 5.75 Å². The molecule has 0 bridgehead atoms. The van der Waals surface area contributed by atoms with Gasteiger partial charge in [-0.25, -0.2) is 0 Å². The second-order valence-electron chi connectivity index (χ2n) is 6.86. The minimum atomic E-state index is 0.578. The van der Waals surface area contributed by atoms with Gasteiger partial charge in [-0.2, -0.15) is 0 Å². The fraction of sp³-hybridized carbons (Fsp3) is 0.667. The fourth-order valence-corrected chi connectivity index (χ4v) is 2.83. The van der Waals surface area contributed by atoms with Gasteiger partial charge in [0.05, 0.1) is 19.8 Å². The average molecular weight is 378 g/mol. The van der Waals surface area contributed by atoms with E-state index in [2.05, 4.69) is 34.7 Å². The maximum absolute atomic E-state index is 5.76. The van der Waals surface area contributed by atoms with Crippen molar-refractivity contribution in [2.75, 3.05) is 46.6 Å². The van der Waals surface area contributed by atoms with Crippen LogP contribution in [0.4, 0.5) is 0 Å². The van der Waals surface area contributed by atoms with Crippen LogP contribution in [0.5, 0.6) is 5.75 Å². The number of ether oxygens (including phenoxy) is 3. The third-order valence-corrected chi connectivity index (χ3v) is 4.48. The summed E-state index contributed by atoms with van der Waals surface area (Å²) >= 11 is 0. The van der Waals surface area contributed by atoms with Gasteiger partial charge >= 0.3 is 0 Å². The lowest BCUT2D eigenvalue weighted by Gasteiger charge is -2.13. The summed E-state index contributed by atoms with van der Waals surface area (Å²) in [4.78, 5) is 4.27. The molecule has 0 spiro atoms. The normalized spacial score (nSPS) is 17.1. The van der Waals surface area contributed by atoms with Gasteiger partial charge in [0.25, 0.3) is 0 Å². The van der Waals surface area contributed by atoms with Crippen molar-refractivity contribution in [1.29, 1.82) is 0 Å². The lowest BCUT2D eigenvalue weighted by molar-refractivity contribution is 0.0888. The number of benzene rings is 1. The van der Waals surface area contributed by atoms with Gasteiger partial charge < -0.3 is 24.8 Å². The van der Waals surface area contributed by atoms with Gasteiger partial charge in [0, 0.05) is 39.3 Å². The van der Waals surface area contributed by atoms with E-state index in [-0.39, 0.29) is 0 Å². The zero-order chi connectivity index (χ0) is 19.2. The second-order valence-corrected chi connectivity index (χ2v) is 6.86. The van der Waals surface area contributed by atoms with E-state index >= 15 is 0 Å². The number of nitrogens with one attached hydrogen (secondary N) is 2. The van der Waals surface area contributed by atoms with Crippen LogP contribution in [0.2, 0.25) is 0 Å². The zero-order valence-electron chi connectivity index (χ0n) is 16.8. The predicted octanol–water partition coefficient (Wildman–Crippen LogP) is 2.97. The highest BCUT2D eigenvalue weighted by molar-refractivity contribution is 5.79. The van der Waals surface area contributed by atoms with Gasteiger partial charge in [0.2, 0.25) is 0 Å². The number of hydrogen-bond donors (Lipinski definition) is 2. The molecular weight excluding hydrogens is 342 g/mol. The van der Waals surface area contributed by atoms with E-state index < -0.39 is 0 Å². The smallest absolute Gasteiger partial charge is 0.191 e. The van der Waals surface area contributed by atoms with Crippen LogP contribution in [0.15, 0.2) is 29.3 Å². The van der Waals surface area contributed by atoms with E-state index in [0.29, 0.717) is 12.5 Å². The lowest BCUT2D eigenvalue weighted by Crippen LogP contribution is -2.37. The standard InChI is InChI=1S/C21H35N3O3/c1-3-4-12-27-20-8-5-7-18(14-20)15-24-21(22-2)23-10-6-11-25-16-19-9-13-26-17-19/h5,7-8,14,19H,3-4,6,9-13,15-17H2,1-2H3,(H2,22,23,24). The first kappa shape index (κ1) is 21.5. The number of guanidine groups is 1. The SMILES string of the molecule is CCCCOc1cccc(CNC(=NC)NCCCOCC2CCOC2)c1. The van der Waals surface area contributed by atoms with Crippen molar-refractivity contribution < 1.29 is 14.2 Å². The summed E-state index contributed by atoms with van der Waals surface area (Å²) in [6, 6.07) is 8.20. The molecule has 1 aromatic rings. The molecule has 2 rings (SSSR count). The van der Waals surface area contributed by atoms with Crippen molar-refractivity contribution in [3.05, 3.63) is 29.8 Å². The maximum atomic E-state index is 5.76. The molecular formula is C21H35N3O3. The van der Waals surface area contributed by atoms with Crippen molar-refractivity contribution in [2.45, 2.75) is 39.2 Å². The highest BCUT2D eigenvalue weighted by Crippen LogP contribution is 2.14. The maximum Gasteiger partial charge on any atom is 0.191 e. The van der Waals surface area contributed by atoms with E-state index in [1.165, 1.54) is 5.56 Å². The molecule has 1 aliphatic heterocycles. The van der Waals surface area contributed by atoms with Crippen molar-refractivity contribution >= 4 is 5.96 Å². The Morgan fingerprint density at radius 2 is 2.19 bits per heavy atom. The summed E-state index contributed by atoms with van der Waals surface area (Å²) in [6.07, 6.45) is 4.30. The largest absolute Gasteiger partial charge is 0.494 e. The van der Waals surface area contributed by atoms with Gasteiger partial charge in [0.15, 0.2) is 5.96 Å². The molecule has 2 N–H and O–H groups in total.